The smallest absolute Gasteiger partial charge is 0.123 e. The quantitative estimate of drug-likeness (QED) is 0.808. The molecule has 0 heterocycles. The Hall–Kier alpha value is -1.09. The lowest BCUT2D eigenvalue weighted by atomic mass is 10.1. The molecule has 0 aromatic heterocycles. The Kier molecular flexibility index (Phi) is 4.56. The van der Waals surface area contributed by atoms with Crippen LogP contribution >= 0.6 is 0 Å². The first kappa shape index (κ1) is 12.0. The largest absolute Gasteiger partial charge is 0.384 e. The summed E-state index contributed by atoms with van der Waals surface area (Å²) in [5.74, 6) is 0.252. The van der Waals surface area contributed by atoms with Gasteiger partial charge in [0.15, 0.2) is 0 Å². The van der Waals surface area contributed by atoms with Crippen LogP contribution < -0.4 is 5.32 Å². The van der Waals surface area contributed by atoms with Crippen molar-refractivity contribution >= 4 is 5.69 Å². The molecule has 15 heavy (non-hydrogen) atoms. The Labute approximate surface area is 90.4 Å². The lowest BCUT2D eigenvalue weighted by Gasteiger charge is -2.14. The van der Waals surface area contributed by atoms with E-state index >= 15 is 0 Å². The number of hydrogen-bond acceptors (Lipinski definition) is 2. The van der Waals surface area contributed by atoms with Gasteiger partial charge in [0.05, 0.1) is 6.61 Å². The van der Waals surface area contributed by atoms with Crippen molar-refractivity contribution in [1.29, 1.82) is 0 Å². The van der Waals surface area contributed by atoms with Crippen molar-refractivity contribution < 1.29 is 9.13 Å². The van der Waals surface area contributed by atoms with Gasteiger partial charge in [-0.3, -0.25) is 0 Å². The fourth-order valence-corrected chi connectivity index (χ4v) is 1.45. The van der Waals surface area contributed by atoms with Crippen LogP contribution in [0.4, 0.5) is 10.1 Å². The van der Waals surface area contributed by atoms with Crippen molar-refractivity contribution in [3.05, 3.63) is 29.6 Å². The van der Waals surface area contributed by atoms with Gasteiger partial charge in [-0.25, -0.2) is 4.39 Å². The predicted octanol–water partition coefficient (Wildman–Crippen LogP) is 2.83. The first-order chi connectivity index (χ1) is 7.13. The predicted molar refractivity (Wildman–Crippen MR) is 60.7 cm³/mol. The van der Waals surface area contributed by atoms with E-state index in [0.29, 0.717) is 5.92 Å². The molecule has 0 spiro atoms. The molecule has 0 radical (unpaired) electrons. The molecule has 0 aliphatic rings. The third-order valence-corrected chi connectivity index (χ3v) is 2.28. The van der Waals surface area contributed by atoms with E-state index in [1.54, 1.807) is 13.2 Å². The molecule has 0 aliphatic carbocycles. The Morgan fingerprint density at radius 2 is 2.20 bits per heavy atom. The minimum absolute atomic E-state index is 0.192. The number of nitrogens with one attached hydrogen (secondary N) is 1. The Balaban J connectivity index is 2.50. The van der Waals surface area contributed by atoms with Gasteiger partial charge in [-0.2, -0.15) is 0 Å². The Bertz CT molecular complexity index is 314. The second kappa shape index (κ2) is 5.71. The topological polar surface area (TPSA) is 21.3 Å². The van der Waals surface area contributed by atoms with Crippen molar-refractivity contribution in [3.63, 3.8) is 0 Å². The van der Waals surface area contributed by atoms with E-state index in [2.05, 4.69) is 12.2 Å². The summed E-state index contributed by atoms with van der Waals surface area (Å²) < 4.78 is 17.9. The second-order valence-electron chi connectivity index (χ2n) is 3.90. The lowest BCUT2D eigenvalue weighted by molar-refractivity contribution is 0.164. The average Bonchev–Trinajstić information content (AvgIpc) is 2.17. The van der Waals surface area contributed by atoms with E-state index in [4.69, 9.17) is 4.74 Å². The number of methoxy groups -OCH3 is 1. The maximum atomic E-state index is 12.8. The molecule has 0 saturated heterocycles. The van der Waals surface area contributed by atoms with Crippen LogP contribution in [0.3, 0.4) is 0 Å². The van der Waals surface area contributed by atoms with Gasteiger partial charge in [-0.05, 0) is 36.6 Å². The second-order valence-corrected chi connectivity index (χ2v) is 3.90. The minimum atomic E-state index is -0.192. The molecule has 0 amide bonds. The molecule has 0 bridgehead atoms. The molecule has 0 aliphatic heterocycles. The third kappa shape index (κ3) is 3.88. The van der Waals surface area contributed by atoms with Crippen LogP contribution in [0.5, 0.6) is 0 Å². The van der Waals surface area contributed by atoms with Gasteiger partial charge >= 0.3 is 0 Å². The molecular weight excluding hydrogens is 193 g/mol. The molecule has 0 fully saturated rings. The Morgan fingerprint density at radius 3 is 2.80 bits per heavy atom. The summed E-state index contributed by atoms with van der Waals surface area (Å²) in [6.45, 7) is 5.56. The SMILES string of the molecule is COCC(C)CNc1ccc(F)cc1C. The van der Waals surface area contributed by atoms with Gasteiger partial charge in [-0.1, -0.05) is 6.92 Å². The van der Waals surface area contributed by atoms with Crippen molar-refractivity contribution in [2.75, 3.05) is 25.6 Å². The fraction of sp³-hybridized carbons (Fsp3) is 0.500. The van der Waals surface area contributed by atoms with Gasteiger partial charge in [0.25, 0.3) is 0 Å². The first-order valence-electron chi connectivity index (χ1n) is 5.12. The number of aryl methyl sites for hydroxylation is 1. The van der Waals surface area contributed by atoms with Gasteiger partial charge in [0.2, 0.25) is 0 Å². The highest BCUT2D eigenvalue weighted by Gasteiger charge is 2.03. The summed E-state index contributed by atoms with van der Waals surface area (Å²) in [7, 11) is 1.69. The number of hydrogen-bond donors (Lipinski definition) is 1. The fourth-order valence-electron chi connectivity index (χ4n) is 1.45. The van der Waals surface area contributed by atoms with Crippen LogP contribution in [0.15, 0.2) is 18.2 Å². The maximum Gasteiger partial charge on any atom is 0.123 e. The monoisotopic (exact) mass is 211 g/mol. The zero-order valence-electron chi connectivity index (χ0n) is 9.51. The van der Waals surface area contributed by atoms with Crippen LogP contribution in [0.1, 0.15) is 12.5 Å². The zero-order valence-corrected chi connectivity index (χ0v) is 9.51. The van der Waals surface area contributed by atoms with Crippen molar-refractivity contribution in [1.82, 2.24) is 0 Å². The standard InChI is InChI=1S/C12H18FNO/c1-9(8-15-3)7-14-12-5-4-11(13)6-10(12)2/h4-6,9,14H,7-8H2,1-3H3. The zero-order chi connectivity index (χ0) is 11.3. The van der Waals surface area contributed by atoms with Gasteiger partial charge in [0, 0.05) is 19.3 Å². The summed E-state index contributed by atoms with van der Waals surface area (Å²) in [5, 5.41) is 3.28. The highest BCUT2D eigenvalue weighted by Crippen LogP contribution is 2.15. The third-order valence-electron chi connectivity index (χ3n) is 2.28. The van der Waals surface area contributed by atoms with Gasteiger partial charge in [-0.15, -0.1) is 0 Å². The summed E-state index contributed by atoms with van der Waals surface area (Å²) >= 11 is 0. The molecule has 1 rings (SSSR count). The number of benzene rings is 1. The molecule has 1 N–H and O–H groups in total. The van der Waals surface area contributed by atoms with E-state index in [-0.39, 0.29) is 5.82 Å². The molecule has 1 atom stereocenters. The molecule has 1 aromatic rings. The van der Waals surface area contributed by atoms with Crippen LogP contribution in [0, 0.1) is 18.7 Å². The molecule has 2 nitrogen and oxygen atoms in total. The number of rotatable bonds is 5. The maximum absolute atomic E-state index is 12.8. The van der Waals surface area contributed by atoms with Crippen LogP contribution in [-0.2, 0) is 4.74 Å². The number of ether oxygens (including phenoxy) is 1. The van der Waals surface area contributed by atoms with E-state index in [1.807, 2.05) is 6.92 Å². The number of halogens is 1. The van der Waals surface area contributed by atoms with Crippen molar-refractivity contribution in [2.45, 2.75) is 13.8 Å². The van der Waals surface area contributed by atoms with E-state index in [9.17, 15) is 4.39 Å². The summed E-state index contributed by atoms with van der Waals surface area (Å²) in [5.41, 5.74) is 1.92. The average molecular weight is 211 g/mol. The van der Waals surface area contributed by atoms with E-state index in [0.717, 1.165) is 24.4 Å². The van der Waals surface area contributed by atoms with Gasteiger partial charge < -0.3 is 10.1 Å². The Morgan fingerprint density at radius 1 is 1.47 bits per heavy atom. The van der Waals surface area contributed by atoms with Crippen molar-refractivity contribution in [3.8, 4) is 0 Å². The molecule has 84 valence electrons. The minimum Gasteiger partial charge on any atom is -0.384 e. The summed E-state index contributed by atoms with van der Waals surface area (Å²) in [4.78, 5) is 0. The van der Waals surface area contributed by atoms with Crippen LogP contribution in [0.2, 0.25) is 0 Å². The van der Waals surface area contributed by atoms with Crippen LogP contribution in [0.25, 0.3) is 0 Å². The van der Waals surface area contributed by atoms with Gasteiger partial charge in [0.1, 0.15) is 5.82 Å². The number of anilines is 1. The molecule has 0 saturated carbocycles. The highest BCUT2D eigenvalue weighted by molar-refractivity contribution is 5.50. The van der Waals surface area contributed by atoms with E-state index in [1.165, 1.54) is 12.1 Å². The summed E-state index contributed by atoms with van der Waals surface area (Å²) in [6, 6.07) is 4.77. The normalized spacial score (nSPS) is 12.5. The molecule has 1 unspecified atom stereocenters. The molecule has 3 heteroatoms. The lowest BCUT2D eigenvalue weighted by Crippen LogP contribution is -2.16. The van der Waals surface area contributed by atoms with Crippen LogP contribution in [-0.4, -0.2) is 20.3 Å². The van der Waals surface area contributed by atoms with E-state index < -0.39 is 0 Å². The molecular formula is C12H18FNO. The first-order valence-corrected chi connectivity index (χ1v) is 5.12. The summed E-state index contributed by atoms with van der Waals surface area (Å²) in [6.07, 6.45) is 0. The molecule has 1 aromatic carbocycles. The van der Waals surface area contributed by atoms with Crippen molar-refractivity contribution in [2.24, 2.45) is 5.92 Å². The highest BCUT2D eigenvalue weighted by atomic mass is 19.1.